The van der Waals surface area contributed by atoms with E-state index in [9.17, 15) is 9.59 Å². The van der Waals surface area contributed by atoms with Gasteiger partial charge in [-0.1, -0.05) is 20.8 Å². The molecule has 3 atom stereocenters. The maximum atomic E-state index is 13.0. The zero-order valence-corrected chi connectivity index (χ0v) is 16.2. The molecule has 6 heteroatoms. The van der Waals surface area contributed by atoms with Crippen LogP contribution in [0.2, 0.25) is 0 Å². The van der Waals surface area contributed by atoms with Crippen molar-refractivity contribution in [2.24, 2.45) is 5.92 Å². The normalized spacial score (nSPS) is 25.2. The molecule has 2 fully saturated rings. The first kappa shape index (κ1) is 20.2. The van der Waals surface area contributed by atoms with Crippen LogP contribution in [0.5, 0.6) is 0 Å². The van der Waals surface area contributed by atoms with Crippen LogP contribution in [0.1, 0.15) is 52.9 Å². The zero-order chi connectivity index (χ0) is 18.2. The summed E-state index contributed by atoms with van der Waals surface area (Å²) in [5.74, 6) is 0.757. The van der Waals surface area contributed by atoms with Gasteiger partial charge in [-0.25, -0.2) is 0 Å². The molecule has 0 bridgehead atoms. The van der Waals surface area contributed by atoms with Gasteiger partial charge in [0.15, 0.2) is 0 Å². The highest BCUT2D eigenvalue weighted by Crippen LogP contribution is 2.19. The summed E-state index contributed by atoms with van der Waals surface area (Å²) in [5, 5.41) is 6.33. The van der Waals surface area contributed by atoms with Crippen molar-refractivity contribution in [3.63, 3.8) is 0 Å². The Morgan fingerprint density at radius 1 is 1.20 bits per heavy atom. The van der Waals surface area contributed by atoms with Gasteiger partial charge in [0.25, 0.3) is 0 Å². The number of likely N-dealkylation sites (N-methyl/N-ethyl adjacent to an activating group) is 1. The van der Waals surface area contributed by atoms with E-state index in [2.05, 4.69) is 36.3 Å². The third kappa shape index (κ3) is 5.42. The van der Waals surface area contributed by atoms with E-state index in [0.29, 0.717) is 12.5 Å². The van der Waals surface area contributed by atoms with E-state index in [-0.39, 0.29) is 23.9 Å². The molecule has 2 rings (SSSR count). The Bertz CT molecular complexity index is 433. The molecule has 0 aliphatic carbocycles. The van der Waals surface area contributed by atoms with Gasteiger partial charge in [-0.05, 0) is 57.7 Å². The molecule has 2 amide bonds. The Morgan fingerprint density at radius 3 is 2.56 bits per heavy atom. The molecule has 0 radical (unpaired) electrons. The van der Waals surface area contributed by atoms with Crippen molar-refractivity contribution < 1.29 is 9.59 Å². The maximum Gasteiger partial charge on any atom is 0.239 e. The lowest BCUT2D eigenvalue weighted by Crippen LogP contribution is -2.52. The molecule has 0 aromatic carbocycles. The van der Waals surface area contributed by atoms with Crippen molar-refractivity contribution in [3.8, 4) is 0 Å². The highest BCUT2D eigenvalue weighted by atomic mass is 16.2. The quantitative estimate of drug-likeness (QED) is 0.689. The van der Waals surface area contributed by atoms with Gasteiger partial charge in [-0.3, -0.25) is 14.5 Å². The third-order valence-electron chi connectivity index (χ3n) is 5.70. The van der Waals surface area contributed by atoms with E-state index in [1.54, 1.807) is 0 Å². The van der Waals surface area contributed by atoms with E-state index < -0.39 is 0 Å². The largest absolute Gasteiger partial charge is 0.354 e. The van der Waals surface area contributed by atoms with E-state index in [1.165, 1.54) is 0 Å². The summed E-state index contributed by atoms with van der Waals surface area (Å²) in [6.45, 7) is 11.4. The standard InChI is InChI=1S/C19H36N4O2/c1-4-17(22(5-2)6-3)19(25)23-12-8-9-15(14-23)13-21-18(24)16-10-7-11-20-16/h15-17,20H,4-14H2,1-3H3,(H,21,24). The lowest BCUT2D eigenvalue weighted by molar-refractivity contribution is -0.139. The minimum absolute atomic E-state index is 0.00831. The SMILES string of the molecule is CCC(C(=O)N1CCCC(CNC(=O)C2CCCN2)C1)N(CC)CC. The van der Waals surface area contributed by atoms with Gasteiger partial charge in [0, 0.05) is 19.6 Å². The van der Waals surface area contributed by atoms with Crippen molar-refractivity contribution in [2.45, 2.75) is 65.0 Å². The van der Waals surface area contributed by atoms with Crippen LogP contribution in [0.25, 0.3) is 0 Å². The Morgan fingerprint density at radius 2 is 1.96 bits per heavy atom. The van der Waals surface area contributed by atoms with Crippen LogP contribution >= 0.6 is 0 Å². The minimum atomic E-state index is -0.0199. The number of nitrogens with zero attached hydrogens (tertiary/aromatic N) is 2. The van der Waals surface area contributed by atoms with E-state index in [4.69, 9.17) is 0 Å². The number of nitrogens with one attached hydrogen (secondary N) is 2. The summed E-state index contributed by atoms with van der Waals surface area (Å²) < 4.78 is 0. The molecule has 0 saturated carbocycles. The van der Waals surface area contributed by atoms with Crippen LogP contribution in [0, 0.1) is 5.92 Å². The fraction of sp³-hybridized carbons (Fsp3) is 0.895. The molecule has 144 valence electrons. The lowest BCUT2D eigenvalue weighted by atomic mass is 9.96. The molecular formula is C19H36N4O2. The summed E-state index contributed by atoms with van der Waals surface area (Å²) in [6.07, 6.45) is 4.98. The number of hydrogen-bond donors (Lipinski definition) is 2. The molecule has 2 aliphatic heterocycles. The highest BCUT2D eigenvalue weighted by molar-refractivity contribution is 5.82. The molecule has 6 nitrogen and oxygen atoms in total. The molecule has 2 aliphatic rings. The molecule has 3 unspecified atom stereocenters. The number of carbonyl (C=O) groups excluding carboxylic acids is 2. The molecule has 0 aromatic heterocycles. The van der Waals surface area contributed by atoms with Crippen LogP contribution < -0.4 is 10.6 Å². The first-order chi connectivity index (χ1) is 12.1. The Labute approximate surface area is 152 Å². The van der Waals surface area contributed by atoms with Gasteiger partial charge in [-0.15, -0.1) is 0 Å². The van der Waals surface area contributed by atoms with Gasteiger partial charge in [0.05, 0.1) is 12.1 Å². The van der Waals surface area contributed by atoms with E-state index >= 15 is 0 Å². The first-order valence-corrected chi connectivity index (χ1v) is 10.1. The summed E-state index contributed by atoms with van der Waals surface area (Å²) in [6, 6.07) is -0.0282. The second-order valence-corrected chi connectivity index (χ2v) is 7.33. The summed E-state index contributed by atoms with van der Waals surface area (Å²) >= 11 is 0. The van der Waals surface area contributed by atoms with Crippen LogP contribution in [0.3, 0.4) is 0 Å². The molecular weight excluding hydrogens is 316 g/mol. The molecule has 2 saturated heterocycles. The fourth-order valence-corrected chi connectivity index (χ4v) is 4.17. The molecule has 25 heavy (non-hydrogen) atoms. The van der Waals surface area contributed by atoms with E-state index in [0.717, 1.165) is 64.8 Å². The van der Waals surface area contributed by atoms with Crippen LogP contribution in [0.4, 0.5) is 0 Å². The Hall–Kier alpha value is -1.14. The number of rotatable bonds is 8. The van der Waals surface area contributed by atoms with Crippen LogP contribution in [0.15, 0.2) is 0 Å². The van der Waals surface area contributed by atoms with Crippen molar-refractivity contribution in [1.29, 1.82) is 0 Å². The number of piperidine rings is 1. The molecule has 0 aromatic rings. The number of amides is 2. The predicted octanol–water partition coefficient (Wildman–Crippen LogP) is 1.21. The smallest absolute Gasteiger partial charge is 0.239 e. The van der Waals surface area contributed by atoms with Crippen LogP contribution in [-0.2, 0) is 9.59 Å². The van der Waals surface area contributed by atoms with E-state index in [1.807, 2.05) is 4.90 Å². The first-order valence-electron chi connectivity index (χ1n) is 10.1. The molecule has 2 N–H and O–H groups in total. The van der Waals surface area contributed by atoms with Gasteiger partial charge in [0.1, 0.15) is 0 Å². The van der Waals surface area contributed by atoms with Gasteiger partial charge in [-0.2, -0.15) is 0 Å². The molecule has 2 heterocycles. The average Bonchev–Trinajstić information content (AvgIpc) is 3.18. The maximum absolute atomic E-state index is 13.0. The Kier molecular flexibility index (Phi) is 8.16. The zero-order valence-electron chi connectivity index (χ0n) is 16.2. The van der Waals surface area contributed by atoms with Crippen molar-refractivity contribution in [1.82, 2.24) is 20.4 Å². The monoisotopic (exact) mass is 352 g/mol. The summed E-state index contributed by atoms with van der Waals surface area (Å²) in [5.41, 5.74) is 0. The summed E-state index contributed by atoms with van der Waals surface area (Å²) in [7, 11) is 0. The van der Waals surface area contributed by atoms with Gasteiger partial charge in [0.2, 0.25) is 11.8 Å². The van der Waals surface area contributed by atoms with Crippen LogP contribution in [-0.4, -0.2) is 73.0 Å². The number of carbonyl (C=O) groups is 2. The minimum Gasteiger partial charge on any atom is -0.354 e. The Balaban J connectivity index is 1.84. The number of likely N-dealkylation sites (tertiary alicyclic amines) is 1. The summed E-state index contributed by atoms with van der Waals surface area (Å²) in [4.78, 5) is 29.4. The second-order valence-electron chi connectivity index (χ2n) is 7.33. The average molecular weight is 353 g/mol. The van der Waals surface area contributed by atoms with Crippen molar-refractivity contribution >= 4 is 11.8 Å². The highest BCUT2D eigenvalue weighted by Gasteiger charge is 2.31. The molecule has 0 spiro atoms. The predicted molar refractivity (Wildman–Crippen MR) is 100 cm³/mol. The third-order valence-corrected chi connectivity index (χ3v) is 5.70. The second kappa shape index (κ2) is 10.1. The van der Waals surface area contributed by atoms with Gasteiger partial charge < -0.3 is 15.5 Å². The lowest BCUT2D eigenvalue weighted by Gasteiger charge is -2.37. The van der Waals surface area contributed by atoms with Crippen molar-refractivity contribution in [2.75, 3.05) is 39.3 Å². The fourth-order valence-electron chi connectivity index (χ4n) is 4.17. The van der Waals surface area contributed by atoms with Gasteiger partial charge >= 0.3 is 0 Å². The number of hydrogen-bond acceptors (Lipinski definition) is 4. The van der Waals surface area contributed by atoms with Crippen molar-refractivity contribution in [3.05, 3.63) is 0 Å². The topological polar surface area (TPSA) is 64.7 Å².